The summed E-state index contributed by atoms with van der Waals surface area (Å²) in [5.41, 5.74) is 1.30. The van der Waals surface area contributed by atoms with Gasteiger partial charge in [0.15, 0.2) is 6.10 Å². The van der Waals surface area contributed by atoms with Gasteiger partial charge in [-0.05, 0) is 24.5 Å². The van der Waals surface area contributed by atoms with Gasteiger partial charge in [0, 0.05) is 32.5 Å². The third-order valence-corrected chi connectivity index (χ3v) is 4.35. The maximum absolute atomic E-state index is 12.7. The molecule has 1 fully saturated rings. The van der Waals surface area contributed by atoms with Gasteiger partial charge in [-0.25, -0.2) is 9.97 Å². The Morgan fingerprint density at radius 3 is 2.76 bits per heavy atom. The Balaban J connectivity index is 1.49. The van der Waals surface area contributed by atoms with E-state index in [1.807, 2.05) is 30.1 Å². The molecular formula is C19H24N4O2. The standard InChI is InChI=1S/C19H24N4O2/c1-22(12-5-9-16-7-3-2-4-8-16)18(24)17-15-23(13-14-25-17)19-20-10-6-11-21-19/h2-4,6-8,10-11,17H,5,9,12-15H2,1H3/t17-/m0/s1. The van der Waals surface area contributed by atoms with E-state index in [1.165, 1.54) is 5.56 Å². The summed E-state index contributed by atoms with van der Waals surface area (Å²) in [5.74, 6) is 0.670. The fraction of sp³-hybridized carbons (Fsp3) is 0.421. The van der Waals surface area contributed by atoms with Crippen molar-refractivity contribution in [3.05, 3.63) is 54.4 Å². The summed E-state index contributed by atoms with van der Waals surface area (Å²) in [6.45, 7) is 2.42. The lowest BCUT2D eigenvalue weighted by molar-refractivity contribution is -0.143. The van der Waals surface area contributed by atoms with E-state index < -0.39 is 6.10 Å². The molecule has 1 amide bonds. The van der Waals surface area contributed by atoms with Crippen molar-refractivity contribution in [3.63, 3.8) is 0 Å². The zero-order valence-electron chi connectivity index (χ0n) is 14.5. The average molecular weight is 340 g/mol. The zero-order valence-corrected chi connectivity index (χ0v) is 14.5. The molecule has 132 valence electrons. The summed E-state index contributed by atoms with van der Waals surface area (Å²) >= 11 is 0. The van der Waals surface area contributed by atoms with Crippen molar-refractivity contribution in [1.29, 1.82) is 0 Å². The monoisotopic (exact) mass is 340 g/mol. The first-order chi connectivity index (χ1) is 12.2. The van der Waals surface area contributed by atoms with E-state index in [2.05, 4.69) is 22.1 Å². The minimum atomic E-state index is -0.459. The lowest BCUT2D eigenvalue weighted by Gasteiger charge is -2.34. The number of benzene rings is 1. The first-order valence-electron chi connectivity index (χ1n) is 8.66. The molecule has 1 aromatic carbocycles. The number of carbonyl (C=O) groups is 1. The Kier molecular flexibility index (Phi) is 5.95. The second-order valence-corrected chi connectivity index (χ2v) is 6.20. The number of carbonyl (C=O) groups excluding carboxylic acids is 1. The molecule has 1 aliphatic rings. The van der Waals surface area contributed by atoms with Crippen LogP contribution < -0.4 is 4.90 Å². The van der Waals surface area contributed by atoms with E-state index in [-0.39, 0.29) is 5.91 Å². The number of morpholine rings is 1. The average Bonchev–Trinajstić information content (AvgIpc) is 2.69. The van der Waals surface area contributed by atoms with Crippen molar-refractivity contribution in [1.82, 2.24) is 14.9 Å². The van der Waals surface area contributed by atoms with Crippen LogP contribution >= 0.6 is 0 Å². The number of hydrogen-bond donors (Lipinski definition) is 0. The number of ether oxygens (including phenoxy) is 1. The Hall–Kier alpha value is -2.47. The van der Waals surface area contributed by atoms with Crippen molar-refractivity contribution < 1.29 is 9.53 Å². The first-order valence-corrected chi connectivity index (χ1v) is 8.66. The van der Waals surface area contributed by atoms with Crippen LogP contribution in [0, 0.1) is 0 Å². The van der Waals surface area contributed by atoms with Crippen molar-refractivity contribution in [2.45, 2.75) is 18.9 Å². The third kappa shape index (κ3) is 4.76. The molecule has 6 heteroatoms. The number of hydrogen-bond acceptors (Lipinski definition) is 5. The summed E-state index contributed by atoms with van der Waals surface area (Å²) in [6.07, 6.45) is 4.87. The normalized spacial score (nSPS) is 17.3. The number of aryl methyl sites for hydroxylation is 1. The lowest BCUT2D eigenvalue weighted by Crippen LogP contribution is -2.50. The quantitative estimate of drug-likeness (QED) is 0.802. The summed E-state index contributed by atoms with van der Waals surface area (Å²) in [6, 6.07) is 12.1. The number of aromatic nitrogens is 2. The predicted octanol–water partition coefficient (Wildman–Crippen LogP) is 1.77. The number of nitrogens with zero attached hydrogens (tertiary/aromatic N) is 4. The molecule has 1 saturated heterocycles. The van der Waals surface area contributed by atoms with Gasteiger partial charge in [-0.1, -0.05) is 30.3 Å². The van der Waals surface area contributed by atoms with Gasteiger partial charge in [0.25, 0.3) is 5.91 Å². The fourth-order valence-corrected chi connectivity index (χ4v) is 2.96. The van der Waals surface area contributed by atoms with E-state index in [1.54, 1.807) is 23.4 Å². The highest BCUT2D eigenvalue weighted by atomic mass is 16.5. The SMILES string of the molecule is CN(CCCc1ccccc1)C(=O)[C@@H]1CN(c2ncccn2)CCO1. The van der Waals surface area contributed by atoms with Gasteiger partial charge >= 0.3 is 0 Å². The van der Waals surface area contributed by atoms with Crippen molar-refractivity contribution in [3.8, 4) is 0 Å². The summed E-state index contributed by atoms with van der Waals surface area (Å²) in [7, 11) is 1.84. The van der Waals surface area contributed by atoms with Gasteiger partial charge in [-0.2, -0.15) is 0 Å². The van der Waals surface area contributed by atoms with Crippen LogP contribution in [0.1, 0.15) is 12.0 Å². The molecular weight excluding hydrogens is 316 g/mol. The molecule has 1 aliphatic heterocycles. The molecule has 2 heterocycles. The largest absolute Gasteiger partial charge is 0.365 e. The lowest BCUT2D eigenvalue weighted by atomic mass is 10.1. The molecule has 25 heavy (non-hydrogen) atoms. The molecule has 0 radical (unpaired) electrons. The van der Waals surface area contributed by atoms with Crippen molar-refractivity contribution >= 4 is 11.9 Å². The summed E-state index contributed by atoms with van der Waals surface area (Å²) in [5, 5.41) is 0. The van der Waals surface area contributed by atoms with Gasteiger partial charge in [-0.3, -0.25) is 4.79 Å². The smallest absolute Gasteiger partial charge is 0.253 e. The van der Waals surface area contributed by atoms with Gasteiger partial charge in [0.05, 0.1) is 13.2 Å². The van der Waals surface area contributed by atoms with Crippen molar-refractivity contribution in [2.75, 3.05) is 38.2 Å². The minimum absolute atomic E-state index is 0.0219. The van der Waals surface area contributed by atoms with E-state index >= 15 is 0 Å². The van der Waals surface area contributed by atoms with Crippen molar-refractivity contribution in [2.24, 2.45) is 0 Å². The second kappa shape index (κ2) is 8.58. The predicted molar refractivity (Wildman–Crippen MR) is 96.4 cm³/mol. The van der Waals surface area contributed by atoms with Crippen LogP contribution in [0.2, 0.25) is 0 Å². The summed E-state index contributed by atoms with van der Waals surface area (Å²) < 4.78 is 5.69. The Labute approximate surface area is 148 Å². The Morgan fingerprint density at radius 2 is 2.00 bits per heavy atom. The van der Waals surface area contributed by atoms with E-state index in [4.69, 9.17) is 4.74 Å². The molecule has 3 rings (SSSR count). The number of rotatable bonds is 6. The van der Waals surface area contributed by atoms with Gasteiger partial charge in [0.2, 0.25) is 5.95 Å². The molecule has 2 aromatic rings. The minimum Gasteiger partial charge on any atom is -0.365 e. The molecule has 0 N–H and O–H groups in total. The van der Waals surface area contributed by atoms with Crippen LogP contribution in [0.5, 0.6) is 0 Å². The Morgan fingerprint density at radius 1 is 1.24 bits per heavy atom. The zero-order chi connectivity index (χ0) is 17.5. The number of likely N-dealkylation sites (N-methyl/N-ethyl adjacent to an activating group) is 1. The van der Waals surface area contributed by atoms with Gasteiger partial charge < -0.3 is 14.5 Å². The van der Waals surface area contributed by atoms with E-state index in [9.17, 15) is 4.79 Å². The first kappa shape index (κ1) is 17.4. The van der Waals surface area contributed by atoms with Crippen LogP contribution in [0.4, 0.5) is 5.95 Å². The number of anilines is 1. The van der Waals surface area contributed by atoms with Crippen LogP contribution in [0.3, 0.4) is 0 Å². The molecule has 6 nitrogen and oxygen atoms in total. The molecule has 0 unspecified atom stereocenters. The molecule has 0 saturated carbocycles. The molecule has 1 aromatic heterocycles. The van der Waals surface area contributed by atoms with Crippen LogP contribution in [0.25, 0.3) is 0 Å². The van der Waals surface area contributed by atoms with Crippen LogP contribution in [0.15, 0.2) is 48.8 Å². The highest BCUT2D eigenvalue weighted by Crippen LogP contribution is 2.14. The topological polar surface area (TPSA) is 58.6 Å². The molecule has 1 atom stereocenters. The van der Waals surface area contributed by atoms with Gasteiger partial charge in [0.1, 0.15) is 0 Å². The molecule has 0 spiro atoms. The van der Waals surface area contributed by atoms with Gasteiger partial charge in [-0.15, -0.1) is 0 Å². The molecule has 0 aliphatic carbocycles. The fourth-order valence-electron chi connectivity index (χ4n) is 2.96. The summed E-state index contributed by atoms with van der Waals surface area (Å²) in [4.78, 5) is 24.9. The highest BCUT2D eigenvalue weighted by Gasteiger charge is 2.29. The van der Waals surface area contributed by atoms with Crippen LogP contribution in [-0.4, -0.2) is 60.2 Å². The molecule has 0 bridgehead atoms. The third-order valence-electron chi connectivity index (χ3n) is 4.35. The second-order valence-electron chi connectivity index (χ2n) is 6.20. The maximum atomic E-state index is 12.7. The van der Waals surface area contributed by atoms with Crippen LogP contribution in [-0.2, 0) is 16.0 Å². The Bertz CT molecular complexity index is 666. The van der Waals surface area contributed by atoms with E-state index in [0.717, 1.165) is 19.4 Å². The highest BCUT2D eigenvalue weighted by molar-refractivity contribution is 5.81. The maximum Gasteiger partial charge on any atom is 0.253 e. The number of amides is 1. The van der Waals surface area contributed by atoms with E-state index in [0.29, 0.717) is 25.6 Å².